The van der Waals surface area contributed by atoms with E-state index < -0.39 is 10.9 Å². The zero-order valence-corrected chi connectivity index (χ0v) is 43.9. The molecule has 0 radical (unpaired) electrons. The van der Waals surface area contributed by atoms with Gasteiger partial charge in [0, 0.05) is 44.1 Å². The van der Waals surface area contributed by atoms with Crippen molar-refractivity contribution in [2.24, 2.45) is 11.8 Å². The molecule has 0 spiro atoms. The Morgan fingerprint density at radius 2 is 0.765 bits per heavy atom. The van der Waals surface area contributed by atoms with Gasteiger partial charge in [-0.05, 0) is 84.3 Å². The van der Waals surface area contributed by atoms with Crippen LogP contribution >= 0.6 is 0 Å². The van der Waals surface area contributed by atoms with E-state index in [0.29, 0.717) is 38.8 Å². The number of rotatable bonds is 49. The number of carbonyl (C=O) groups is 4. The first kappa shape index (κ1) is 62.5. The van der Waals surface area contributed by atoms with Gasteiger partial charge in [-0.1, -0.05) is 143 Å². The summed E-state index contributed by atoms with van der Waals surface area (Å²) in [4.78, 5) is 77.2. The van der Waals surface area contributed by atoms with Crippen LogP contribution in [-0.4, -0.2) is 88.0 Å². The number of ether oxygens (including phenoxy) is 5. The molecule has 1 rings (SSSR count). The van der Waals surface area contributed by atoms with E-state index in [-0.39, 0.29) is 73.6 Å². The van der Waals surface area contributed by atoms with E-state index in [1.54, 1.807) is 6.92 Å². The summed E-state index contributed by atoms with van der Waals surface area (Å²) in [5.74, 6) is -0.833. The lowest BCUT2D eigenvalue weighted by atomic mass is 10.0. The van der Waals surface area contributed by atoms with Crippen molar-refractivity contribution in [3.05, 3.63) is 20.4 Å². The van der Waals surface area contributed by atoms with Crippen LogP contribution in [0.5, 0.6) is 5.75 Å². The quantitative estimate of drug-likeness (QED) is 0.0284. The molecule has 1 aromatic rings. The minimum atomic E-state index is -0.587. The second-order valence-corrected chi connectivity index (χ2v) is 19.0. The number of carbonyl (C=O) groups excluding carboxylic acids is 4. The highest BCUT2D eigenvalue weighted by molar-refractivity contribution is 5.70. The molecule has 0 amide bonds. The van der Waals surface area contributed by atoms with E-state index in [2.05, 4.69) is 37.9 Å². The molecule has 1 aromatic carbocycles. The summed E-state index contributed by atoms with van der Waals surface area (Å²) < 4.78 is 28.3. The largest absolute Gasteiger partial charge is 0.488 e. The monoisotopic (exact) mass is 963 g/mol. The fraction of sp³-hybridized carbons (Fsp3) is 0.855. The van der Waals surface area contributed by atoms with Crippen LogP contribution in [-0.2, 0) is 38.1 Å². The molecule has 0 saturated carbocycles. The van der Waals surface area contributed by atoms with Gasteiger partial charge in [0.2, 0.25) is 0 Å². The van der Waals surface area contributed by atoms with Crippen molar-refractivity contribution in [3.63, 3.8) is 0 Å². The molecule has 0 aliphatic rings. The van der Waals surface area contributed by atoms with Gasteiger partial charge >= 0.3 is 23.9 Å². The minimum absolute atomic E-state index is 0.0847. The highest BCUT2D eigenvalue weighted by Gasteiger charge is 2.22. The van der Waals surface area contributed by atoms with Crippen LogP contribution in [0.1, 0.15) is 234 Å². The van der Waals surface area contributed by atoms with Gasteiger partial charge in [0.15, 0.2) is 5.75 Å². The number of unbranched alkanes of at least 4 members (excludes halogenated alkanes) is 18. The summed E-state index contributed by atoms with van der Waals surface area (Å²) in [6, 6.07) is 0. The first-order chi connectivity index (χ1) is 33.1. The van der Waals surface area contributed by atoms with E-state index in [4.69, 9.17) is 23.7 Å². The van der Waals surface area contributed by atoms with E-state index in [1.165, 1.54) is 25.7 Å². The van der Waals surface area contributed by atoms with E-state index in [0.717, 1.165) is 167 Å². The first-order valence-corrected chi connectivity index (χ1v) is 27.6. The van der Waals surface area contributed by atoms with E-state index in [1.807, 2.05) is 0 Å². The molecule has 0 atom stereocenters. The van der Waals surface area contributed by atoms with Crippen molar-refractivity contribution in [1.82, 2.24) is 4.90 Å². The number of nitrogens with zero attached hydrogens (tertiary/aromatic N) is 1. The maximum atomic E-state index is 12.6. The third-order valence-corrected chi connectivity index (χ3v) is 12.6. The Kier molecular flexibility index (Phi) is 40.0. The van der Waals surface area contributed by atoms with Crippen molar-refractivity contribution < 1.29 is 42.9 Å². The Labute approximate surface area is 412 Å². The summed E-state index contributed by atoms with van der Waals surface area (Å²) in [6.07, 6.45) is 28.5. The predicted molar refractivity (Wildman–Crippen MR) is 274 cm³/mol. The Morgan fingerprint density at radius 3 is 1.10 bits per heavy atom. The van der Waals surface area contributed by atoms with Crippen LogP contribution in [0, 0.1) is 11.8 Å². The lowest BCUT2D eigenvalue weighted by Gasteiger charge is -2.24. The van der Waals surface area contributed by atoms with Gasteiger partial charge in [-0.3, -0.25) is 28.8 Å². The Balaban J connectivity index is 2.91. The summed E-state index contributed by atoms with van der Waals surface area (Å²) in [7, 11) is 0. The summed E-state index contributed by atoms with van der Waals surface area (Å²) in [5, 5.41) is 3.12. The topological polar surface area (TPSA) is 164 Å². The molecule has 1 N–H and O–H groups in total. The van der Waals surface area contributed by atoms with Crippen molar-refractivity contribution >= 4 is 29.6 Å². The maximum absolute atomic E-state index is 12.6. The minimum Gasteiger partial charge on any atom is -0.488 e. The molecule has 0 aromatic heterocycles. The van der Waals surface area contributed by atoms with Crippen LogP contribution < -0.4 is 20.9 Å². The van der Waals surface area contributed by atoms with Crippen LogP contribution in [0.15, 0.2) is 9.59 Å². The molecule has 0 heterocycles. The van der Waals surface area contributed by atoms with Crippen LogP contribution in [0.2, 0.25) is 0 Å². The average Bonchev–Trinajstić information content (AvgIpc) is 3.33. The molecular weight excluding hydrogens is 865 g/mol. The van der Waals surface area contributed by atoms with Gasteiger partial charge in [0.05, 0.1) is 33.0 Å². The van der Waals surface area contributed by atoms with Gasteiger partial charge in [-0.15, -0.1) is 0 Å². The SMILES string of the molecule is CCCCCCCC(=O)OCC(CCCCN(CCCCC(COC(=O)CCCCCCC)COC(=O)CCCCCCC)CCCNc1c(OCC)c(=O)c1=O)COC(=O)CCCCCCC. The standard InChI is InChI=1S/C55H98N2O11/c1-6-11-15-19-23-34-48(58)65-42-46(43-66-49(59)35-24-20-16-12-7-2)32-27-29-39-57(41-31-38-56-52-53(62)54(63)55(52)64-10-5)40-30-28-33-47(44-67-50(60)36-25-21-17-13-8-3)45-68-51(61)37-26-22-18-14-9-4/h46-47,56H,6-45H2,1-5H3. The zero-order valence-electron chi connectivity index (χ0n) is 43.9. The summed E-state index contributed by atoms with van der Waals surface area (Å²) >= 11 is 0. The van der Waals surface area contributed by atoms with Crippen LogP contribution in [0.25, 0.3) is 0 Å². The second kappa shape index (κ2) is 43.5. The van der Waals surface area contributed by atoms with Crippen molar-refractivity contribution in [3.8, 4) is 5.75 Å². The Bertz CT molecular complexity index is 1360. The van der Waals surface area contributed by atoms with Crippen molar-refractivity contribution in [2.75, 3.05) is 64.5 Å². The molecule has 0 saturated heterocycles. The number of esters is 4. The highest BCUT2D eigenvalue weighted by atomic mass is 16.6. The van der Waals surface area contributed by atoms with Gasteiger partial charge in [0.25, 0.3) is 10.9 Å². The third kappa shape index (κ3) is 33.1. The first-order valence-electron chi connectivity index (χ1n) is 27.6. The fourth-order valence-corrected chi connectivity index (χ4v) is 8.25. The molecule has 13 nitrogen and oxygen atoms in total. The molecule has 0 aliphatic carbocycles. The molecule has 13 heteroatoms. The van der Waals surface area contributed by atoms with Gasteiger partial charge in [0.1, 0.15) is 5.69 Å². The maximum Gasteiger partial charge on any atom is 0.305 e. The Hall–Kier alpha value is -3.48. The molecule has 394 valence electrons. The average molecular weight is 963 g/mol. The fourth-order valence-electron chi connectivity index (χ4n) is 8.25. The molecule has 0 bridgehead atoms. The molecule has 0 unspecified atom stereocenters. The Morgan fingerprint density at radius 1 is 0.426 bits per heavy atom. The predicted octanol–water partition coefficient (Wildman–Crippen LogP) is 12.0. The summed E-state index contributed by atoms with van der Waals surface area (Å²) in [6.45, 7) is 14.6. The lowest BCUT2D eigenvalue weighted by Crippen LogP contribution is -2.36. The van der Waals surface area contributed by atoms with E-state index >= 15 is 0 Å². The smallest absolute Gasteiger partial charge is 0.305 e. The molecular formula is C55H98N2O11. The van der Waals surface area contributed by atoms with E-state index in [9.17, 15) is 28.8 Å². The molecule has 0 aliphatic heterocycles. The number of hydrogen-bond acceptors (Lipinski definition) is 13. The number of nitrogens with one attached hydrogen (secondary N) is 1. The van der Waals surface area contributed by atoms with Gasteiger partial charge in [-0.25, -0.2) is 0 Å². The lowest BCUT2D eigenvalue weighted by molar-refractivity contribution is -0.151. The van der Waals surface area contributed by atoms with Crippen molar-refractivity contribution in [1.29, 1.82) is 0 Å². The van der Waals surface area contributed by atoms with Gasteiger partial charge < -0.3 is 33.9 Å². The number of hydrogen-bond donors (Lipinski definition) is 1. The van der Waals surface area contributed by atoms with Gasteiger partial charge in [-0.2, -0.15) is 0 Å². The highest BCUT2D eigenvalue weighted by Crippen LogP contribution is 2.19. The number of anilines is 1. The molecule has 68 heavy (non-hydrogen) atoms. The normalized spacial score (nSPS) is 11.5. The summed E-state index contributed by atoms with van der Waals surface area (Å²) in [5.41, 5.74) is -0.874. The van der Waals surface area contributed by atoms with Crippen molar-refractivity contribution in [2.45, 2.75) is 234 Å². The second-order valence-electron chi connectivity index (χ2n) is 19.0. The molecule has 0 fully saturated rings. The zero-order chi connectivity index (χ0) is 49.9. The van der Waals surface area contributed by atoms with Crippen LogP contribution in [0.3, 0.4) is 0 Å². The third-order valence-electron chi connectivity index (χ3n) is 12.6. The van der Waals surface area contributed by atoms with Crippen LogP contribution in [0.4, 0.5) is 5.69 Å².